The van der Waals surface area contributed by atoms with Crippen molar-refractivity contribution in [3.05, 3.63) is 65.2 Å². The Morgan fingerprint density at radius 3 is 2.43 bits per heavy atom. The number of aryl methyl sites for hydroxylation is 1. The van der Waals surface area contributed by atoms with Crippen molar-refractivity contribution in [2.45, 2.75) is 24.7 Å². The van der Waals surface area contributed by atoms with E-state index in [1.165, 1.54) is 18.2 Å². The minimum absolute atomic E-state index is 0.0401. The molecule has 2 aromatic rings. The Hall–Kier alpha value is -2.84. The zero-order valence-corrected chi connectivity index (χ0v) is 17.7. The Bertz CT molecular complexity index is 1110. The third kappa shape index (κ3) is 5.01. The fourth-order valence-corrected chi connectivity index (χ4v) is 4.54. The number of allylic oxidation sites excluding steroid dienone is 2. The molecule has 0 aliphatic heterocycles. The highest BCUT2D eigenvalue weighted by Gasteiger charge is 2.34. The maximum atomic E-state index is 12.8. The van der Waals surface area contributed by atoms with Crippen molar-refractivity contribution in [2.75, 3.05) is 10.0 Å². The molecule has 0 aromatic heterocycles. The van der Waals surface area contributed by atoms with Crippen molar-refractivity contribution in [1.82, 2.24) is 0 Å². The summed E-state index contributed by atoms with van der Waals surface area (Å²) in [4.78, 5) is 24.2. The summed E-state index contributed by atoms with van der Waals surface area (Å²) in [5.41, 5.74) is 1.28. The summed E-state index contributed by atoms with van der Waals surface area (Å²) in [6.45, 7) is 1.73. The van der Waals surface area contributed by atoms with E-state index in [0.29, 0.717) is 28.4 Å². The lowest BCUT2D eigenvalue weighted by Gasteiger charge is -2.24. The average molecular weight is 449 g/mol. The van der Waals surface area contributed by atoms with E-state index in [0.717, 1.165) is 0 Å². The summed E-state index contributed by atoms with van der Waals surface area (Å²) >= 11 is 5.90. The molecule has 0 fully saturated rings. The van der Waals surface area contributed by atoms with Gasteiger partial charge in [-0.1, -0.05) is 35.9 Å². The molecule has 0 radical (unpaired) electrons. The molecule has 9 heteroatoms. The molecule has 2 atom stereocenters. The first-order valence-corrected chi connectivity index (χ1v) is 11.1. The van der Waals surface area contributed by atoms with Crippen LogP contribution in [0.15, 0.2) is 59.5 Å². The van der Waals surface area contributed by atoms with Crippen LogP contribution in [0.3, 0.4) is 0 Å². The standard InChI is InChI=1S/C21H21ClN2O5S/c1-13-9-10-16(30(28,29)24-15-6-4-5-14(22)11-15)12-19(13)23-20(25)17-7-2-3-8-18(17)21(26)27/h2-6,9-12,17-18,24H,7-8H2,1H3,(H,23,25)(H,26,27). The first kappa shape index (κ1) is 21.9. The number of carbonyl (C=O) groups excluding carboxylic acids is 1. The van der Waals surface area contributed by atoms with Gasteiger partial charge in [-0.05, 0) is 55.7 Å². The second-order valence-electron chi connectivity index (χ2n) is 7.08. The van der Waals surface area contributed by atoms with Crippen molar-refractivity contribution < 1.29 is 23.1 Å². The molecule has 158 valence electrons. The van der Waals surface area contributed by atoms with E-state index < -0.39 is 33.7 Å². The molecule has 0 bridgehead atoms. The molecule has 30 heavy (non-hydrogen) atoms. The van der Waals surface area contributed by atoms with Crippen molar-refractivity contribution in [2.24, 2.45) is 11.8 Å². The first-order valence-electron chi connectivity index (χ1n) is 9.25. The number of aliphatic carboxylic acids is 1. The van der Waals surface area contributed by atoms with Crippen LogP contribution in [0.1, 0.15) is 18.4 Å². The molecular weight excluding hydrogens is 428 g/mol. The molecule has 7 nitrogen and oxygen atoms in total. The van der Waals surface area contributed by atoms with Crippen molar-refractivity contribution in [1.29, 1.82) is 0 Å². The van der Waals surface area contributed by atoms with E-state index in [2.05, 4.69) is 10.0 Å². The summed E-state index contributed by atoms with van der Waals surface area (Å²) < 4.78 is 28.0. The largest absolute Gasteiger partial charge is 0.481 e. The van der Waals surface area contributed by atoms with E-state index in [1.807, 2.05) is 0 Å². The van der Waals surface area contributed by atoms with E-state index >= 15 is 0 Å². The Balaban J connectivity index is 1.83. The second-order valence-corrected chi connectivity index (χ2v) is 9.19. The zero-order valence-electron chi connectivity index (χ0n) is 16.1. The number of nitrogens with one attached hydrogen (secondary N) is 2. The first-order chi connectivity index (χ1) is 14.2. The molecule has 1 aliphatic rings. The maximum absolute atomic E-state index is 12.8. The number of amides is 1. The highest BCUT2D eigenvalue weighted by molar-refractivity contribution is 7.92. The van der Waals surface area contributed by atoms with Crippen LogP contribution >= 0.6 is 11.6 Å². The van der Waals surface area contributed by atoms with E-state index in [9.17, 15) is 23.1 Å². The third-order valence-electron chi connectivity index (χ3n) is 4.94. The number of carbonyl (C=O) groups is 2. The SMILES string of the molecule is Cc1ccc(S(=O)(=O)Nc2cccc(Cl)c2)cc1NC(=O)C1CC=CCC1C(=O)O. The fourth-order valence-electron chi connectivity index (χ4n) is 3.27. The minimum Gasteiger partial charge on any atom is -0.481 e. The highest BCUT2D eigenvalue weighted by atomic mass is 35.5. The summed E-state index contributed by atoms with van der Waals surface area (Å²) in [6, 6.07) is 10.7. The molecule has 1 aliphatic carbocycles. The Morgan fingerprint density at radius 1 is 1.07 bits per heavy atom. The van der Waals surface area contributed by atoms with Crippen LogP contribution in [0.2, 0.25) is 5.02 Å². The van der Waals surface area contributed by atoms with Crippen molar-refractivity contribution >= 4 is 44.9 Å². The van der Waals surface area contributed by atoms with Crippen molar-refractivity contribution in [3.63, 3.8) is 0 Å². The second kappa shape index (κ2) is 8.89. The molecule has 3 rings (SSSR count). The summed E-state index contributed by atoms with van der Waals surface area (Å²) in [7, 11) is -3.92. The topological polar surface area (TPSA) is 113 Å². The molecule has 1 amide bonds. The molecule has 0 saturated carbocycles. The van der Waals surface area contributed by atoms with Crippen LogP contribution in [0.4, 0.5) is 11.4 Å². The van der Waals surface area contributed by atoms with Crippen LogP contribution in [0, 0.1) is 18.8 Å². The van der Waals surface area contributed by atoms with Crippen LogP contribution in [0.5, 0.6) is 0 Å². The fraction of sp³-hybridized carbons (Fsp3) is 0.238. The van der Waals surface area contributed by atoms with Gasteiger partial charge in [-0.2, -0.15) is 0 Å². The van der Waals surface area contributed by atoms with Crippen LogP contribution in [-0.4, -0.2) is 25.4 Å². The molecule has 0 spiro atoms. The summed E-state index contributed by atoms with van der Waals surface area (Å²) in [5, 5.41) is 12.5. The zero-order chi connectivity index (χ0) is 21.9. The molecule has 0 heterocycles. The lowest BCUT2D eigenvalue weighted by Crippen LogP contribution is -2.34. The number of carboxylic acids is 1. The van der Waals surface area contributed by atoms with Crippen LogP contribution < -0.4 is 10.0 Å². The van der Waals surface area contributed by atoms with Crippen LogP contribution in [0.25, 0.3) is 0 Å². The molecule has 2 aromatic carbocycles. The predicted octanol–water partition coefficient (Wildman–Crippen LogP) is 4.05. The van der Waals surface area contributed by atoms with Gasteiger partial charge in [-0.25, -0.2) is 8.42 Å². The minimum atomic E-state index is -3.92. The van der Waals surface area contributed by atoms with Gasteiger partial charge in [0.15, 0.2) is 0 Å². The lowest BCUT2D eigenvalue weighted by atomic mass is 9.82. The van der Waals surface area contributed by atoms with Crippen molar-refractivity contribution in [3.8, 4) is 0 Å². The number of anilines is 2. The Morgan fingerprint density at radius 2 is 1.77 bits per heavy atom. The average Bonchev–Trinajstić information content (AvgIpc) is 2.69. The molecule has 0 saturated heterocycles. The number of halogens is 1. The highest BCUT2D eigenvalue weighted by Crippen LogP contribution is 2.29. The van der Waals surface area contributed by atoms with Gasteiger partial charge < -0.3 is 10.4 Å². The lowest BCUT2D eigenvalue weighted by molar-refractivity contribution is -0.146. The Kier molecular flexibility index (Phi) is 6.48. The van der Waals surface area contributed by atoms with Gasteiger partial charge in [0.2, 0.25) is 5.91 Å². The molecule has 2 unspecified atom stereocenters. The van der Waals surface area contributed by atoms with Gasteiger partial charge in [0.05, 0.1) is 22.4 Å². The normalized spacial score (nSPS) is 18.6. The predicted molar refractivity (Wildman–Crippen MR) is 115 cm³/mol. The van der Waals surface area contributed by atoms with Gasteiger partial charge in [0.1, 0.15) is 0 Å². The number of rotatable bonds is 6. The molecule has 3 N–H and O–H groups in total. The van der Waals surface area contributed by atoms with Gasteiger partial charge in [-0.15, -0.1) is 0 Å². The maximum Gasteiger partial charge on any atom is 0.307 e. The number of carboxylic acid groups (broad SMARTS) is 1. The summed E-state index contributed by atoms with van der Waals surface area (Å²) in [5.74, 6) is -3.02. The van der Waals surface area contributed by atoms with Gasteiger partial charge in [0.25, 0.3) is 10.0 Å². The number of hydrogen-bond acceptors (Lipinski definition) is 4. The van der Waals surface area contributed by atoms with Crippen LogP contribution in [-0.2, 0) is 19.6 Å². The summed E-state index contributed by atoms with van der Waals surface area (Å²) in [6.07, 6.45) is 4.13. The smallest absolute Gasteiger partial charge is 0.307 e. The van der Waals surface area contributed by atoms with Gasteiger partial charge in [0, 0.05) is 10.7 Å². The number of benzene rings is 2. The Labute approximate surface area is 179 Å². The van der Waals surface area contributed by atoms with E-state index in [-0.39, 0.29) is 11.3 Å². The quantitative estimate of drug-likeness (QED) is 0.577. The van der Waals surface area contributed by atoms with E-state index in [4.69, 9.17) is 11.6 Å². The monoisotopic (exact) mass is 448 g/mol. The van der Waals surface area contributed by atoms with Gasteiger partial charge in [-0.3, -0.25) is 14.3 Å². The third-order valence-corrected chi connectivity index (χ3v) is 6.55. The molecular formula is C21H21ClN2O5S. The number of hydrogen-bond donors (Lipinski definition) is 3. The number of sulfonamides is 1. The van der Waals surface area contributed by atoms with Gasteiger partial charge >= 0.3 is 5.97 Å². The van der Waals surface area contributed by atoms with E-state index in [1.54, 1.807) is 43.3 Å².